The minimum Gasteiger partial charge on any atom is -0.399 e. The normalized spacial score (nSPS) is 9.38. The second-order valence-electron chi connectivity index (χ2n) is 2.26. The van der Waals surface area contributed by atoms with Crippen LogP contribution in [0.15, 0.2) is 18.2 Å². The number of benzene rings is 1. The summed E-state index contributed by atoms with van der Waals surface area (Å²) in [6.07, 6.45) is 0. The maximum absolute atomic E-state index is 10.5. The standard InChI is InChI=1S/C7H7ClIN3O/c8-5-3-4(10)1-2-6(5)11-12-7(9)13/h1-3,11H,10H2,(H,12,13). The lowest BCUT2D eigenvalue weighted by Gasteiger charge is -2.07. The maximum atomic E-state index is 10.5. The fourth-order valence-corrected chi connectivity index (χ4v) is 1.12. The molecule has 0 aliphatic heterocycles. The Balaban J connectivity index is 2.72. The highest BCUT2D eigenvalue weighted by Crippen LogP contribution is 2.23. The number of nitrogens with two attached hydrogens (primary N) is 1. The summed E-state index contributed by atoms with van der Waals surface area (Å²) < 4.78 is -0.217. The first-order valence-electron chi connectivity index (χ1n) is 3.36. The number of carbonyl (C=O) groups excluding carboxylic acids is 1. The van der Waals surface area contributed by atoms with Crippen LogP contribution in [0.5, 0.6) is 0 Å². The van der Waals surface area contributed by atoms with Crippen molar-refractivity contribution in [1.82, 2.24) is 5.43 Å². The molecule has 0 spiro atoms. The van der Waals surface area contributed by atoms with E-state index in [-0.39, 0.29) is 3.91 Å². The Morgan fingerprint density at radius 2 is 2.23 bits per heavy atom. The Morgan fingerprint density at radius 1 is 1.54 bits per heavy atom. The number of halogens is 2. The number of rotatable bonds is 2. The first kappa shape index (κ1) is 10.4. The van der Waals surface area contributed by atoms with Crippen LogP contribution in [0.3, 0.4) is 0 Å². The highest BCUT2D eigenvalue weighted by molar-refractivity contribution is 14.1. The zero-order valence-corrected chi connectivity index (χ0v) is 9.39. The van der Waals surface area contributed by atoms with Gasteiger partial charge in [-0.25, -0.2) is 0 Å². The van der Waals surface area contributed by atoms with Crippen molar-refractivity contribution in [3.63, 3.8) is 0 Å². The molecule has 1 rings (SSSR count). The molecule has 70 valence electrons. The molecule has 0 unspecified atom stereocenters. The molecule has 0 heterocycles. The van der Waals surface area contributed by atoms with Gasteiger partial charge in [0.15, 0.2) is 0 Å². The number of carbonyl (C=O) groups is 1. The van der Waals surface area contributed by atoms with Gasteiger partial charge in [0, 0.05) is 28.3 Å². The summed E-state index contributed by atoms with van der Waals surface area (Å²) in [5, 5.41) is 0.463. The molecule has 0 aromatic heterocycles. The highest BCUT2D eigenvalue weighted by Gasteiger charge is 2.00. The SMILES string of the molecule is Nc1ccc(NNC(=O)I)c(Cl)c1. The lowest BCUT2D eigenvalue weighted by molar-refractivity contribution is 0.264. The van der Waals surface area contributed by atoms with Crippen LogP contribution in [0, 0.1) is 0 Å². The predicted molar refractivity (Wildman–Crippen MR) is 62.0 cm³/mol. The van der Waals surface area contributed by atoms with E-state index in [0.29, 0.717) is 16.4 Å². The Hall–Kier alpha value is -0.690. The van der Waals surface area contributed by atoms with Crippen molar-refractivity contribution in [2.75, 3.05) is 11.2 Å². The zero-order valence-electron chi connectivity index (χ0n) is 6.47. The molecule has 0 fully saturated rings. The maximum Gasteiger partial charge on any atom is 0.298 e. The molecule has 0 saturated heterocycles. The number of amides is 1. The topological polar surface area (TPSA) is 67.2 Å². The van der Waals surface area contributed by atoms with E-state index in [9.17, 15) is 4.79 Å². The van der Waals surface area contributed by atoms with Gasteiger partial charge in [-0.2, -0.15) is 0 Å². The van der Waals surface area contributed by atoms with Gasteiger partial charge in [-0.05, 0) is 18.2 Å². The van der Waals surface area contributed by atoms with Gasteiger partial charge in [-0.15, -0.1) is 0 Å². The van der Waals surface area contributed by atoms with E-state index in [1.165, 1.54) is 0 Å². The largest absolute Gasteiger partial charge is 0.399 e. The predicted octanol–water partition coefficient (Wildman–Crippen LogP) is 2.39. The van der Waals surface area contributed by atoms with Crippen LogP contribution in [0.1, 0.15) is 0 Å². The van der Waals surface area contributed by atoms with Crippen LogP contribution in [-0.4, -0.2) is 3.91 Å². The molecular weight excluding hydrogens is 304 g/mol. The third-order valence-electron chi connectivity index (χ3n) is 1.29. The Kier molecular flexibility index (Phi) is 3.61. The molecule has 4 nitrogen and oxygen atoms in total. The summed E-state index contributed by atoms with van der Waals surface area (Å²) in [7, 11) is 0. The monoisotopic (exact) mass is 311 g/mol. The van der Waals surface area contributed by atoms with Gasteiger partial charge in [0.05, 0.1) is 10.7 Å². The van der Waals surface area contributed by atoms with Crippen molar-refractivity contribution < 1.29 is 4.79 Å². The van der Waals surface area contributed by atoms with E-state index in [2.05, 4.69) is 10.9 Å². The van der Waals surface area contributed by atoms with Crippen molar-refractivity contribution in [3.05, 3.63) is 23.2 Å². The second kappa shape index (κ2) is 4.52. The van der Waals surface area contributed by atoms with E-state index in [1.807, 2.05) is 0 Å². The molecule has 13 heavy (non-hydrogen) atoms. The van der Waals surface area contributed by atoms with Crippen LogP contribution in [-0.2, 0) is 0 Å². The van der Waals surface area contributed by atoms with Gasteiger partial charge in [0.25, 0.3) is 3.91 Å². The average Bonchev–Trinajstić information content (AvgIpc) is 2.02. The van der Waals surface area contributed by atoms with Crippen molar-refractivity contribution >= 4 is 49.5 Å². The fraction of sp³-hybridized carbons (Fsp3) is 0. The molecule has 0 radical (unpaired) electrons. The van der Waals surface area contributed by atoms with E-state index in [0.717, 1.165) is 0 Å². The summed E-state index contributed by atoms with van der Waals surface area (Å²) in [4.78, 5) is 10.5. The van der Waals surface area contributed by atoms with E-state index in [1.54, 1.807) is 40.8 Å². The molecule has 0 aliphatic rings. The minimum absolute atomic E-state index is 0.217. The molecule has 1 amide bonds. The van der Waals surface area contributed by atoms with Gasteiger partial charge in [0.1, 0.15) is 0 Å². The molecule has 1 aromatic carbocycles. The summed E-state index contributed by atoms with van der Waals surface area (Å²) in [6, 6.07) is 4.97. The van der Waals surface area contributed by atoms with Crippen molar-refractivity contribution in [2.45, 2.75) is 0 Å². The summed E-state index contributed by atoms with van der Waals surface area (Å²) in [6.45, 7) is 0. The fourth-order valence-electron chi connectivity index (χ4n) is 0.749. The van der Waals surface area contributed by atoms with Crippen LogP contribution in [0.4, 0.5) is 16.2 Å². The Bertz CT molecular complexity index is 332. The van der Waals surface area contributed by atoms with Gasteiger partial charge in [-0.1, -0.05) is 11.6 Å². The summed E-state index contributed by atoms with van der Waals surface area (Å²) in [5.41, 5.74) is 11.7. The van der Waals surface area contributed by atoms with Crippen molar-refractivity contribution in [2.24, 2.45) is 0 Å². The summed E-state index contributed by atoms with van der Waals surface area (Å²) >= 11 is 7.42. The van der Waals surface area contributed by atoms with Crippen LogP contribution < -0.4 is 16.6 Å². The molecule has 0 bridgehead atoms. The van der Waals surface area contributed by atoms with Gasteiger partial charge in [-0.3, -0.25) is 15.6 Å². The second-order valence-corrected chi connectivity index (χ2v) is 3.65. The van der Waals surface area contributed by atoms with Crippen LogP contribution >= 0.6 is 34.2 Å². The first-order chi connectivity index (χ1) is 6.09. The molecule has 0 saturated carbocycles. The van der Waals surface area contributed by atoms with Gasteiger partial charge < -0.3 is 5.73 Å². The smallest absolute Gasteiger partial charge is 0.298 e. The van der Waals surface area contributed by atoms with Gasteiger partial charge in [0.2, 0.25) is 0 Å². The van der Waals surface area contributed by atoms with Gasteiger partial charge >= 0.3 is 0 Å². The van der Waals surface area contributed by atoms with Crippen molar-refractivity contribution in [3.8, 4) is 0 Å². The number of nitrogen functional groups attached to an aromatic ring is 1. The number of hydrogen-bond acceptors (Lipinski definition) is 3. The first-order valence-corrected chi connectivity index (χ1v) is 4.82. The number of anilines is 2. The molecule has 0 atom stereocenters. The number of hydrazine groups is 1. The number of hydrogen-bond donors (Lipinski definition) is 3. The van der Waals surface area contributed by atoms with Crippen LogP contribution in [0.2, 0.25) is 5.02 Å². The Morgan fingerprint density at radius 3 is 2.77 bits per heavy atom. The van der Waals surface area contributed by atoms with E-state index < -0.39 is 0 Å². The third kappa shape index (κ3) is 3.27. The summed E-state index contributed by atoms with van der Waals surface area (Å²) in [5.74, 6) is 0. The van der Waals surface area contributed by atoms with Crippen molar-refractivity contribution in [1.29, 1.82) is 0 Å². The highest BCUT2D eigenvalue weighted by atomic mass is 127. The lowest BCUT2D eigenvalue weighted by atomic mass is 10.3. The molecule has 1 aromatic rings. The minimum atomic E-state index is -0.217. The van der Waals surface area contributed by atoms with Crippen LogP contribution in [0.25, 0.3) is 0 Å². The number of nitrogens with one attached hydrogen (secondary N) is 2. The van der Waals surface area contributed by atoms with E-state index >= 15 is 0 Å². The Labute approximate surface area is 93.9 Å². The molecular formula is C7H7ClIN3O. The third-order valence-corrected chi connectivity index (χ3v) is 1.87. The quantitative estimate of drug-likeness (QED) is 0.258. The molecule has 6 heteroatoms. The lowest BCUT2D eigenvalue weighted by Crippen LogP contribution is -2.23. The zero-order chi connectivity index (χ0) is 9.84. The average molecular weight is 312 g/mol. The molecule has 4 N–H and O–H groups in total. The van der Waals surface area contributed by atoms with E-state index in [4.69, 9.17) is 17.3 Å². The molecule has 0 aliphatic carbocycles.